The molecule has 0 atom stereocenters. The van der Waals surface area contributed by atoms with Crippen LogP contribution in [-0.2, 0) is 10.0 Å². The van der Waals surface area contributed by atoms with Gasteiger partial charge in [0.15, 0.2) is 0 Å². The van der Waals surface area contributed by atoms with Gasteiger partial charge in [0, 0.05) is 42.5 Å². The molecule has 7 nitrogen and oxygen atoms in total. The van der Waals surface area contributed by atoms with E-state index in [0.717, 1.165) is 43.0 Å². The van der Waals surface area contributed by atoms with Crippen LogP contribution in [0.3, 0.4) is 0 Å². The Bertz CT molecular complexity index is 1150. The molecular formula is C22H26N4O3S. The molecule has 0 radical (unpaired) electrons. The molecule has 1 aliphatic carbocycles. The Labute approximate surface area is 176 Å². The maximum Gasteiger partial charge on any atom is 0.251 e. The monoisotopic (exact) mass is 426 g/mol. The minimum absolute atomic E-state index is 0.125. The van der Waals surface area contributed by atoms with Crippen LogP contribution < -0.4 is 9.62 Å². The van der Waals surface area contributed by atoms with Gasteiger partial charge < -0.3 is 9.88 Å². The number of rotatable bonds is 5. The van der Waals surface area contributed by atoms with E-state index in [4.69, 9.17) is 0 Å². The second-order valence-corrected chi connectivity index (χ2v) is 9.91. The molecule has 2 heterocycles. The van der Waals surface area contributed by atoms with E-state index in [1.165, 1.54) is 11.4 Å². The van der Waals surface area contributed by atoms with E-state index in [2.05, 4.69) is 33.2 Å². The van der Waals surface area contributed by atoms with Crippen molar-refractivity contribution in [2.24, 2.45) is 0 Å². The fourth-order valence-corrected chi connectivity index (χ4v) is 4.57. The summed E-state index contributed by atoms with van der Waals surface area (Å²) in [4.78, 5) is 17.1. The lowest BCUT2D eigenvalue weighted by Gasteiger charge is -2.30. The normalized spacial score (nSPS) is 19.5. The Morgan fingerprint density at radius 1 is 1.10 bits per heavy atom. The summed E-state index contributed by atoms with van der Waals surface area (Å²) in [5.74, 6) is -0.125. The maximum atomic E-state index is 12.6. The number of amides is 1. The second-order valence-electron chi connectivity index (χ2n) is 7.90. The molecule has 2 aromatic heterocycles. The first-order valence-electron chi connectivity index (χ1n) is 10.1. The maximum absolute atomic E-state index is 12.6. The minimum Gasteiger partial charge on any atom is -0.349 e. The first kappa shape index (κ1) is 20.4. The molecule has 1 aliphatic rings. The van der Waals surface area contributed by atoms with Gasteiger partial charge in [0.25, 0.3) is 5.91 Å². The lowest BCUT2D eigenvalue weighted by atomic mass is 9.90. The summed E-state index contributed by atoms with van der Waals surface area (Å²) in [6, 6.07) is 13.3. The lowest BCUT2D eigenvalue weighted by molar-refractivity contribution is 0.0922. The first-order chi connectivity index (χ1) is 14.3. The van der Waals surface area contributed by atoms with E-state index in [-0.39, 0.29) is 11.9 Å². The van der Waals surface area contributed by atoms with Crippen LogP contribution in [0.1, 0.15) is 42.1 Å². The number of nitrogens with zero attached hydrogens (tertiary/aromatic N) is 3. The summed E-state index contributed by atoms with van der Waals surface area (Å²) in [6.45, 7) is 0. The molecule has 1 N–H and O–H groups in total. The third-order valence-corrected chi connectivity index (χ3v) is 7.10. The molecule has 3 aromatic rings. The number of pyridine rings is 1. The van der Waals surface area contributed by atoms with Crippen molar-refractivity contribution in [1.82, 2.24) is 14.9 Å². The Balaban J connectivity index is 1.35. The average Bonchev–Trinajstić information content (AvgIpc) is 3.17. The summed E-state index contributed by atoms with van der Waals surface area (Å²) in [5.41, 5.74) is 2.08. The molecule has 0 spiro atoms. The van der Waals surface area contributed by atoms with E-state index in [0.29, 0.717) is 17.3 Å². The number of anilines is 1. The van der Waals surface area contributed by atoms with Gasteiger partial charge >= 0.3 is 0 Å². The topological polar surface area (TPSA) is 84.3 Å². The number of benzene rings is 1. The molecule has 1 aromatic carbocycles. The highest BCUT2D eigenvalue weighted by molar-refractivity contribution is 7.92. The molecule has 30 heavy (non-hydrogen) atoms. The van der Waals surface area contributed by atoms with Gasteiger partial charge in [-0.15, -0.1) is 0 Å². The summed E-state index contributed by atoms with van der Waals surface area (Å²) in [7, 11) is -1.83. The minimum atomic E-state index is -3.32. The van der Waals surface area contributed by atoms with Crippen LogP contribution in [0.25, 0.3) is 11.0 Å². The predicted molar refractivity (Wildman–Crippen MR) is 118 cm³/mol. The van der Waals surface area contributed by atoms with Crippen LogP contribution in [0.5, 0.6) is 0 Å². The summed E-state index contributed by atoms with van der Waals surface area (Å²) < 4.78 is 26.7. The number of hydrogen-bond donors (Lipinski definition) is 1. The lowest BCUT2D eigenvalue weighted by Crippen LogP contribution is -2.38. The zero-order valence-electron chi connectivity index (χ0n) is 17.2. The second kappa shape index (κ2) is 8.10. The van der Waals surface area contributed by atoms with Crippen LogP contribution in [0.4, 0.5) is 5.69 Å². The number of aromatic nitrogens is 2. The third-order valence-electron chi connectivity index (χ3n) is 5.89. The van der Waals surface area contributed by atoms with Crippen molar-refractivity contribution < 1.29 is 13.2 Å². The van der Waals surface area contributed by atoms with Crippen molar-refractivity contribution in [3.63, 3.8) is 0 Å². The highest BCUT2D eigenvalue weighted by Gasteiger charge is 2.25. The van der Waals surface area contributed by atoms with Gasteiger partial charge in [0.1, 0.15) is 5.65 Å². The predicted octanol–water partition coefficient (Wildman–Crippen LogP) is 3.35. The largest absolute Gasteiger partial charge is 0.349 e. The van der Waals surface area contributed by atoms with Gasteiger partial charge in [-0.25, -0.2) is 13.4 Å². The number of fused-ring (bicyclic) bond motifs is 1. The summed E-state index contributed by atoms with van der Waals surface area (Å²) >= 11 is 0. The van der Waals surface area contributed by atoms with Crippen LogP contribution in [0.2, 0.25) is 0 Å². The number of carbonyl (C=O) groups is 1. The Morgan fingerprint density at radius 3 is 2.47 bits per heavy atom. The molecule has 0 aliphatic heterocycles. The van der Waals surface area contributed by atoms with E-state index in [9.17, 15) is 13.2 Å². The molecule has 8 heteroatoms. The number of carbonyl (C=O) groups excluding carboxylic acids is 1. The van der Waals surface area contributed by atoms with Crippen LogP contribution in [0, 0.1) is 0 Å². The smallest absolute Gasteiger partial charge is 0.251 e. The molecule has 158 valence electrons. The van der Waals surface area contributed by atoms with E-state index >= 15 is 0 Å². The van der Waals surface area contributed by atoms with Gasteiger partial charge in [-0.1, -0.05) is 0 Å². The quantitative estimate of drug-likeness (QED) is 0.678. The molecule has 0 saturated heterocycles. The number of nitrogens with one attached hydrogen (secondary N) is 1. The fraction of sp³-hybridized carbons (Fsp3) is 0.364. The van der Waals surface area contributed by atoms with Crippen molar-refractivity contribution in [2.45, 2.75) is 37.8 Å². The molecule has 0 bridgehead atoms. The Hall–Kier alpha value is -2.87. The van der Waals surface area contributed by atoms with Gasteiger partial charge in [0.2, 0.25) is 10.0 Å². The van der Waals surface area contributed by atoms with Crippen LogP contribution >= 0.6 is 0 Å². The molecule has 1 saturated carbocycles. The van der Waals surface area contributed by atoms with Crippen molar-refractivity contribution >= 4 is 32.7 Å². The third kappa shape index (κ3) is 4.18. The summed E-state index contributed by atoms with van der Waals surface area (Å²) in [5, 5.41) is 4.27. The van der Waals surface area contributed by atoms with Crippen molar-refractivity contribution in [1.29, 1.82) is 0 Å². The molecular weight excluding hydrogens is 400 g/mol. The van der Waals surface area contributed by atoms with Crippen LogP contribution in [0.15, 0.2) is 54.9 Å². The number of hydrogen-bond acceptors (Lipinski definition) is 4. The van der Waals surface area contributed by atoms with Gasteiger partial charge in [-0.3, -0.25) is 9.10 Å². The Kier molecular flexibility index (Phi) is 5.51. The number of sulfonamides is 1. The van der Waals surface area contributed by atoms with Crippen molar-refractivity contribution in [3.05, 3.63) is 60.4 Å². The van der Waals surface area contributed by atoms with Crippen molar-refractivity contribution in [2.75, 3.05) is 17.6 Å². The zero-order valence-corrected chi connectivity index (χ0v) is 18.0. The highest BCUT2D eigenvalue weighted by atomic mass is 32.2. The van der Waals surface area contributed by atoms with Gasteiger partial charge in [-0.2, -0.15) is 0 Å². The fourth-order valence-electron chi connectivity index (χ4n) is 4.06. The van der Waals surface area contributed by atoms with E-state index in [1.54, 1.807) is 24.3 Å². The SMILES string of the molecule is CN(c1ccc(C(=O)NC2CCC(n3ccc4cccnc43)CC2)cc1)S(C)(=O)=O. The van der Waals surface area contributed by atoms with Gasteiger partial charge in [0.05, 0.1) is 11.9 Å². The molecule has 4 rings (SSSR count). The highest BCUT2D eigenvalue weighted by Crippen LogP contribution is 2.31. The summed E-state index contributed by atoms with van der Waals surface area (Å²) in [6.07, 6.45) is 8.89. The molecule has 1 amide bonds. The molecule has 0 unspecified atom stereocenters. The zero-order chi connectivity index (χ0) is 21.3. The average molecular weight is 427 g/mol. The Morgan fingerprint density at radius 2 is 1.80 bits per heavy atom. The van der Waals surface area contributed by atoms with E-state index < -0.39 is 10.0 Å². The van der Waals surface area contributed by atoms with Crippen LogP contribution in [-0.4, -0.2) is 43.2 Å². The first-order valence-corrected chi connectivity index (χ1v) is 11.9. The van der Waals surface area contributed by atoms with E-state index in [1.807, 2.05) is 12.3 Å². The van der Waals surface area contributed by atoms with Crippen molar-refractivity contribution in [3.8, 4) is 0 Å². The standard InChI is InChI=1S/C22H26N4O3S/c1-25(30(2,28)29)19-9-5-17(6-10-19)22(27)24-18-7-11-20(12-8-18)26-15-13-16-4-3-14-23-21(16)26/h3-6,9-10,13-15,18,20H,7-8,11-12H2,1-2H3,(H,24,27). The molecule has 1 fully saturated rings. The van der Waals surface area contributed by atoms with Gasteiger partial charge in [-0.05, 0) is 68.1 Å².